The molecule has 0 atom stereocenters. The highest BCUT2D eigenvalue weighted by atomic mass is 16.5. The monoisotopic (exact) mass is 183 g/mol. The van der Waals surface area contributed by atoms with Crippen molar-refractivity contribution < 1.29 is 9.31 Å². The molecule has 0 aromatic carbocycles. The molecule has 0 aliphatic carbocycles. The smallest absolute Gasteiger partial charge is 0.400 e. The summed E-state index contributed by atoms with van der Waals surface area (Å²) in [4.78, 5) is 10.1. The molecule has 0 saturated heterocycles. The molecule has 0 aromatic rings. The van der Waals surface area contributed by atoms with Gasteiger partial charge in [-0.2, -0.15) is 4.58 Å². The lowest BCUT2D eigenvalue weighted by atomic mass is 10.5. The molecule has 0 saturated carbocycles. The molecule has 5 heteroatoms. The largest absolute Gasteiger partial charge is 0.446 e. The number of ether oxygens (including phenoxy) is 1. The van der Waals surface area contributed by atoms with Crippen molar-refractivity contribution in [3.63, 3.8) is 0 Å². The maximum atomic E-state index is 5.21. The van der Waals surface area contributed by atoms with Crippen molar-refractivity contribution >= 4 is 17.7 Å². The van der Waals surface area contributed by atoms with Crippen molar-refractivity contribution in [1.82, 2.24) is 4.90 Å². The van der Waals surface area contributed by atoms with Gasteiger partial charge in [-0.15, -0.1) is 4.99 Å². The van der Waals surface area contributed by atoms with Crippen LogP contribution in [0.25, 0.3) is 0 Å². The summed E-state index contributed by atoms with van der Waals surface area (Å²) in [7, 11) is 8.91. The summed E-state index contributed by atoms with van der Waals surface area (Å²) in [6.07, 6.45) is 0. The van der Waals surface area contributed by atoms with E-state index in [2.05, 4.69) is 9.98 Å². The summed E-state index contributed by atoms with van der Waals surface area (Å²) in [5.74, 6) is 1.64. The summed E-state index contributed by atoms with van der Waals surface area (Å²) in [6.45, 7) is 0. The van der Waals surface area contributed by atoms with E-state index in [0.717, 1.165) is 17.7 Å². The minimum Gasteiger partial charge on any atom is -0.446 e. The number of nitrogens with zero attached hydrogens (tertiary/aromatic N) is 4. The Morgan fingerprint density at radius 3 is 2.23 bits per heavy atom. The van der Waals surface area contributed by atoms with Gasteiger partial charge in [-0.1, -0.05) is 0 Å². The fourth-order valence-electron chi connectivity index (χ4n) is 1.48. The van der Waals surface area contributed by atoms with Crippen molar-refractivity contribution in [2.45, 2.75) is 0 Å². The number of aliphatic imine (C=N–C) groups is 2. The number of hydrogen-bond acceptors (Lipinski definition) is 3. The van der Waals surface area contributed by atoms with Gasteiger partial charge in [-0.3, -0.25) is 4.99 Å². The van der Waals surface area contributed by atoms with Gasteiger partial charge in [0.15, 0.2) is 0 Å². The number of methoxy groups -OCH3 is 1. The average Bonchev–Trinajstić information content (AvgIpc) is 2.36. The second-order valence-electron chi connectivity index (χ2n) is 2.70. The van der Waals surface area contributed by atoms with Crippen molar-refractivity contribution in [3.05, 3.63) is 0 Å². The van der Waals surface area contributed by atoms with Gasteiger partial charge in [0.25, 0.3) is 5.84 Å². The number of rotatable bonds is 0. The van der Waals surface area contributed by atoms with Gasteiger partial charge in [0.1, 0.15) is 0 Å². The SMILES string of the molecule is CN=C1C(=NC)[N+](C)=C(OC)N1C. The van der Waals surface area contributed by atoms with Gasteiger partial charge in [0, 0.05) is 7.05 Å². The van der Waals surface area contributed by atoms with Crippen LogP contribution in [-0.4, -0.2) is 62.5 Å². The van der Waals surface area contributed by atoms with E-state index in [0.29, 0.717) is 0 Å². The van der Waals surface area contributed by atoms with Gasteiger partial charge in [-0.05, 0) is 0 Å². The van der Waals surface area contributed by atoms with Crippen LogP contribution in [0.2, 0.25) is 0 Å². The molecular weight excluding hydrogens is 168 g/mol. The maximum Gasteiger partial charge on any atom is 0.400 e. The highest BCUT2D eigenvalue weighted by Gasteiger charge is 2.38. The van der Waals surface area contributed by atoms with Crippen LogP contribution in [-0.2, 0) is 4.74 Å². The molecule has 0 radical (unpaired) electrons. The third-order valence-electron chi connectivity index (χ3n) is 2.02. The normalized spacial score (nSPS) is 23.6. The molecule has 0 unspecified atom stereocenters. The highest BCUT2D eigenvalue weighted by Crippen LogP contribution is 2.04. The van der Waals surface area contributed by atoms with Crippen molar-refractivity contribution in [3.8, 4) is 0 Å². The summed E-state index contributed by atoms with van der Waals surface area (Å²) in [5, 5.41) is 0. The van der Waals surface area contributed by atoms with E-state index in [9.17, 15) is 0 Å². The molecule has 1 rings (SSSR count). The Morgan fingerprint density at radius 1 is 1.31 bits per heavy atom. The first-order valence-electron chi connectivity index (χ1n) is 3.99. The molecular formula is C8H15N4O+. The summed E-state index contributed by atoms with van der Waals surface area (Å²) in [5.41, 5.74) is 0. The third kappa shape index (κ3) is 1.30. The number of likely N-dealkylation sites (N-methyl/N-ethyl adjacent to an activating group) is 2. The highest BCUT2D eigenvalue weighted by molar-refractivity contribution is 6.42. The van der Waals surface area contributed by atoms with Gasteiger partial charge >= 0.3 is 11.9 Å². The molecule has 0 N–H and O–H groups in total. The van der Waals surface area contributed by atoms with Crippen LogP contribution >= 0.6 is 0 Å². The van der Waals surface area contributed by atoms with Gasteiger partial charge in [0.05, 0.1) is 28.3 Å². The zero-order chi connectivity index (χ0) is 10.0. The predicted molar refractivity (Wildman–Crippen MR) is 52.7 cm³/mol. The third-order valence-corrected chi connectivity index (χ3v) is 2.02. The molecule has 0 fully saturated rings. The minimum atomic E-state index is 0.737. The number of amidine groups is 3. The van der Waals surface area contributed by atoms with Crippen LogP contribution in [0.4, 0.5) is 0 Å². The Labute approximate surface area is 78.1 Å². The van der Waals surface area contributed by atoms with E-state index in [1.54, 1.807) is 21.2 Å². The molecule has 1 aliphatic rings. The second-order valence-corrected chi connectivity index (χ2v) is 2.70. The average molecular weight is 183 g/mol. The van der Waals surface area contributed by atoms with Crippen molar-refractivity contribution in [2.75, 3.05) is 35.3 Å². The van der Waals surface area contributed by atoms with E-state index < -0.39 is 0 Å². The van der Waals surface area contributed by atoms with Crippen molar-refractivity contribution in [1.29, 1.82) is 0 Å². The lowest BCUT2D eigenvalue weighted by Gasteiger charge is -2.05. The molecule has 0 spiro atoms. The van der Waals surface area contributed by atoms with Crippen LogP contribution in [0.3, 0.4) is 0 Å². The molecule has 0 bridgehead atoms. The van der Waals surface area contributed by atoms with E-state index in [1.165, 1.54) is 0 Å². The molecule has 5 nitrogen and oxygen atoms in total. The Balaban J connectivity index is 3.20. The maximum absolute atomic E-state index is 5.21. The minimum absolute atomic E-state index is 0.737. The van der Waals surface area contributed by atoms with E-state index in [-0.39, 0.29) is 0 Å². The standard InChI is InChI=1S/C8H15N4O/c1-9-6-7(10-2)12(4)8(13-5)11(6)3/h1-5H3/q+1. The molecule has 1 heterocycles. The molecule has 1 aliphatic heterocycles. The van der Waals surface area contributed by atoms with Crippen LogP contribution in [0.1, 0.15) is 0 Å². The zero-order valence-electron chi connectivity index (χ0n) is 8.70. The van der Waals surface area contributed by atoms with Crippen LogP contribution < -0.4 is 0 Å². The topological polar surface area (TPSA) is 40.2 Å². The second kappa shape index (κ2) is 3.55. The Hall–Kier alpha value is -1.39. The van der Waals surface area contributed by atoms with Crippen LogP contribution in [0, 0.1) is 0 Å². The number of hydrogen-bond donors (Lipinski definition) is 0. The van der Waals surface area contributed by atoms with E-state index >= 15 is 0 Å². The zero-order valence-corrected chi connectivity index (χ0v) is 8.70. The first-order chi connectivity index (χ1) is 6.17. The first-order valence-corrected chi connectivity index (χ1v) is 3.99. The van der Waals surface area contributed by atoms with E-state index in [1.807, 2.05) is 23.6 Å². The Bertz CT molecular complexity index is 303. The lowest BCUT2D eigenvalue weighted by Crippen LogP contribution is -2.30. The van der Waals surface area contributed by atoms with Crippen molar-refractivity contribution in [2.24, 2.45) is 9.98 Å². The first kappa shape index (κ1) is 9.70. The van der Waals surface area contributed by atoms with Crippen LogP contribution in [0.5, 0.6) is 0 Å². The molecule has 0 amide bonds. The lowest BCUT2D eigenvalue weighted by molar-refractivity contribution is -0.379. The summed E-state index contributed by atoms with van der Waals surface area (Å²) >= 11 is 0. The predicted octanol–water partition coefficient (Wildman–Crippen LogP) is -0.367. The van der Waals surface area contributed by atoms with Gasteiger partial charge < -0.3 is 4.74 Å². The fourth-order valence-corrected chi connectivity index (χ4v) is 1.48. The summed E-state index contributed by atoms with van der Waals surface area (Å²) < 4.78 is 7.07. The molecule has 0 aromatic heterocycles. The van der Waals surface area contributed by atoms with Crippen LogP contribution in [0.15, 0.2) is 9.98 Å². The summed E-state index contributed by atoms with van der Waals surface area (Å²) in [6, 6.07) is 0.737. The molecule has 13 heavy (non-hydrogen) atoms. The van der Waals surface area contributed by atoms with Gasteiger partial charge in [-0.25, -0.2) is 4.90 Å². The molecule has 72 valence electrons. The Morgan fingerprint density at radius 2 is 1.92 bits per heavy atom. The quantitative estimate of drug-likeness (QED) is 0.481. The fraction of sp³-hybridized carbons (Fsp3) is 0.625. The Kier molecular flexibility index (Phi) is 2.65. The van der Waals surface area contributed by atoms with Gasteiger partial charge in [0.2, 0.25) is 0 Å². The van der Waals surface area contributed by atoms with E-state index in [4.69, 9.17) is 4.74 Å².